The number of hydrogen-bond acceptors (Lipinski definition) is 4. The van der Waals surface area contributed by atoms with Crippen molar-refractivity contribution in [1.82, 2.24) is 4.90 Å². The monoisotopic (exact) mass is 303 g/mol. The topological polar surface area (TPSA) is 29.5 Å². The molecule has 0 aliphatic carbocycles. The second-order valence-corrected chi connectivity index (χ2v) is 5.69. The van der Waals surface area contributed by atoms with Crippen LogP contribution in [0, 0.1) is 0 Å². The summed E-state index contributed by atoms with van der Waals surface area (Å²) in [7, 11) is 0. The molecule has 1 aromatic heterocycles. The van der Waals surface area contributed by atoms with Gasteiger partial charge in [-0.15, -0.1) is 11.3 Å². The van der Waals surface area contributed by atoms with E-state index in [2.05, 4.69) is 27.8 Å². The van der Waals surface area contributed by atoms with Crippen LogP contribution in [-0.4, -0.2) is 43.0 Å². The van der Waals surface area contributed by atoms with Gasteiger partial charge in [-0.05, 0) is 34.3 Å². The molecule has 3 nitrogen and oxygen atoms in total. The number of Topliss-reactive ketones (excluding diaryl/α,β-unsaturated/α-hetero) is 1. The maximum atomic E-state index is 12.0. The molecule has 0 bridgehead atoms. The van der Waals surface area contributed by atoms with Crippen molar-refractivity contribution in [2.24, 2.45) is 0 Å². The third-order valence-electron chi connectivity index (χ3n) is 2.72. The number of rotatable bonds is 3. The van der Waals surface area contributed by atoms with Gasteiger partial charge in [-0.2, -0.15) is 0 Å². The first-order chi connectivity index (χ1) is 7.68. The van der Waals surface area contributed by atoms with Crippen molar-refractivity contribution >= 4 is 33.0 Å². The first-order valence-corrected chi connectivity index (χ1v) is 6.93. The molecule has 1 aromatic rings. The molecule has 1 aliphatic rings. The van der Waals surface area contributed by atoms with E-state index in [0.29, 0.717) is 12.6 Å². The number of carbonyl (C=O) groups excluding carboxylic acids is 1. The van der Waals surface area contributed by atoms with Crippen LogP contribution in [0.5, 0.6) is 0 Å². The predicted molar refractivity (Wildman–Crippen MR) is 68.2 cm³/mol. The van der Waals surface area contributed by atoms with Gasteiger partial charge in [-0.1, -0.05) is 0 Å². The molecule has 2 rings (SSSR count). The van der Waals surface area contributed by atoms with E-state index in [1.807, 2.05) is 11.4 Å². The van der Waals surface area contributed by atoms with Crippen molar-refractivity contribution in [3.63, 3.8) is 0 Å². The summed E-state index contributed by atoms with van der Waals surface area (Å²) in [6.45, 7) is 4.87. The van der Waals surface area contributed by atoms with Gasteiger partial charge < -0.3 is 4.74 Å². The minimum absolute atomic E-state index is 0.190. The third-order valence-corrected chi connectivity index (χ3v) is 4.60. The minimum atomic E-state index is 0.190. The van der Waals surface area contributed by atoms with E-state index < -0.39 is 0 Å². The molecule has 1 unspecified atom stereocenters. The highest BCUT2D eigenvalue weighted by Crippen LogP contribution is 2.23. The van der Waals surface area contributed by atoms with Gasteiger partial charge in [0.25, 0.3) is 0 Å². The quantitative estimate of drug-likeness (QED) is 0.803. The highest BCUT2D eigenvalue weighted by atomic mass is 79.9. The molecule has 0 spiro atoms. The molecular formula is C11H14BrNO2S. The first kappa shape index (κ1) is 12.2. The lowest BCUT2D eigenvalue weighted by Gasteiger charge is -2.32. The largest absolute Gasteiger partial charge is 0.379 e. The smallest absolute Gasteiger partial charge is 0.187 e. The first-order valence-electron chi connectivity index (χ1n) is 5.26. The van der Waals surface area contributed by atoms with Gasteiger partial charge in [0.05, 0.1) is 24.6 Å². The Hall–Kier alpha value is -0.230. The third kappa shape index (κ3) is 2.71. The highest BCUT2D eigenvalue weighted by molar-refractivity contribution is 9.10. The van der Waals surface area contributed by atoms with Gasteiger partial charge in [0.2, 0.25) is 0 Å². The number of morpholine rings is 1. The molecule has 1 fully saturated rings. The standard InChI is InChI=1S/C11H14BrNO2S/c1-8-7-15-4-3-13(8)6-10(14)11-9(12)2-5-16-11/h2,5,8H,3-4,6-7H2,1H3. The summed E-state index contributed by atoms with van der Waals surface area (Å²) in [4.78, 5) is 15.0. The zero-order chi connectivity index (χ0) is 11.5. The van der Waals surface area contributed by atoms with E-state index in [9.17, 15) is 4.79 Å². The number of halogens is 1. The summed E-state index contributed by atoms with van der Waals surface area (Å²) in [6.07, 6.45) is 0. The molecule has 16 heavy (non-hydrogen) atoms. The highest BCUT2D eigenvalue weighted by Gasteiger charge is 2.22. The fraction of sp³-hybridized carbons (Fsp3) is 0.545. The van der Waals surface area contributed by atoms with E-state index in [4.69, 9.17) is 4.74 Å². The van der Waals surface area contributed by atoms with Gasteiger partial charge in [0.15, 0.2) is 5.78 Å². The van der Waals surface area contributed by atoms with Crippen molar-refractivity contribution < 1.29 is 9.53 Å². The number of carbonyl (C=O) groups is 1. The molecule has 0 amide bonds. The molecule has 1 saturated heterocycles. The van der Waals surface area contributed by atoms with Crippen LogP contribution in [0.3, 0.4) is 0 Å². The predicted octanol–water partition coefficient (Wildman–Crippen LogP) is 2.41. The van der Waals surface area contributed by atoms with E-state index in [-0.39, 0.29) is 5.78 Å². The Morgan fingerprint density at radius 1 is 1.75 bits per heavy atom. The van der Waals surface area contributed by atoms with E-state index in [0.717, 1.165) is 29.1 Å². The fourth-order valence-corrected chi connectivity index (χ4v) is 3.27. The van der Waals surface area contributed by atoms with E-state index >= 15 is 0 Å². The van der Waals surface area contributed by atoms with Crippen molar-refractivity contribution in [1.29, 1.82) is 0 Å². The van der Waals surface area contributed by atoms with Crippen LogP contribution in [0.4, 0.5) is 0 Å². The SMILES string of the molecule is CC1COCCN1CC(=O)c1sccc1Br. The Labute approximate surface area is 108 Å². The zero-order valence-corrected chi connectivity index (χ0v) is 11.5. The lowest BCUT2D eigenvalue weighted by Crippen LogP contribution is -2.45. The summed E-state index contributed by atoms with van der Waals surface area (Å²) < 4.78 is 6.25. The zero-order valence-electron chi connectivity index (χ0n) is 9.11. The van der Waals surface area contributed by atoms with Gasteiger partial charge in [0.1, 0.15) is 0 Å². The summed E-state index contributed by atoms with van der Waals surface area (Å²) in [6, 6.07) is 2.25. The molecule has 0 N–H and O–H groups in total. The second-order valence-electron chi connectivity index (χ2n) is 3.92. The van der Waals surface area contributed by atoms with E-state index in [1.165, 1.54) is 11.3 Å². The number of nitrogens with zero attached hydrogens (tertiary/aromatic N) is 1. The Balaban J connectivity index is 1.99. The number of thiophene rings is 1. The molecular weight excluding hydrogens is 290 g/mol. The van der Waals surface area contributed by atoms with Crippen LogP contribution in [-0.2, 0) is 4.74 Å². The lowest BCUT2D eigenvalue weighted by molar-refractivity contribution is 0.00206. The van der Waals surface area contributed by atoms with Gasteiger partial charge in [-0.3, -0.25) is 9.69 Å². The van der Waals surface area contributed by atoms with Crippen LogP contribution < -0.4 is 0 Å². The van der Waals surface area contributed by atoms with Gasteiger partial charge in [-0.25, -0.2) is 0 Å². The Bertz CT molecular complexity index is 380. The number of hydrogen-bond donors (Lipinski definition) is 0. The summed E-state index contributed by atoms with van der Waals surface area (Å²) >= 11 is 4.89. The second kappa shape index (κ2) is 5.40. The van der Waals surface area contributed by atoms with Crippen LogP contribution in [0.1, 0.15) is 16.6 Å². The average Bonchev–Trinajstić information content (AvgIpc) is 2.68. The lowest BCUT2D eigenvalue weighted by atomic mass is 10.2. The van der Waals surface area contributed by atoms with Crippen molar-refractivity contribution in [2.75, 3.05) is 26.3 Å². The Kier molecular flexibility index (Phi) is 4.13. The normalized spacial score (nSPS) is 22.2. The fourth-order valence-electron chi connectivity index (χ4n) is 1.75. The summed E-state index contributed by atoms with van der Waals surface area (Å²) in [5.41, 5.74) is 0. The molecule has 88 valence electrons. The Morgan fingerprint density at radius 3 is 3.19 bits per heavy atom. The maximum Gasteiger partial charge on any atom is 0.187 e. The minimum Gasteiger partial charge on any atom is -0.379 e. The molecule has 1 atom stereocenters. The molecule has 0 aromatic carbocycles. The Morgan fingerprint density at radius 2 is 2.56 bits per heavy atom. The summed E-state index contributed by atoms with van der Waals surface area (Å²) in [5.74, 6) is 0.190. The molecule has 0 radical (unpaired) electrons. The summed E-state index contributed by atoms with van der Waals surface area (Å²) in [5, 5.41) is 1.93. The van der Waals surface area contributed by atoms with Crippen LogP contribution in [0.25, 0.3) is 0 Å². The van der Waals surface area contributed by atoms with Gasteiger partial charge >= 0.3 is 0 Å². The van der Waals surface area contributed by atoms with Crippen molar-refractivity contribution in [3.8, 4) is 0 Å². The molecule has 0 saturated carbocycles. The van der Waals surface area contributed by atoms with Crippen LogP contribution in [0.2, 0.25) is 0 Å². The van der Waals surface area contributed by atoms with Crippen LogP contribution >= 0.6 is 27.3 Å². The number of ether oxygens (including phenoxy) is 1. The van der Waals surface area contributed by atoms with Crippen molar-refractivity contribution in [3.05, 3.63) is 20.8 Å². The maximum absolute atomic E-state index is 12.0. The van der Waals surface area contributed by atoms with Crippen LogP contribution in [0.15, 0.2) is 15.9 Å². The van der Waals surface area contributed by atoms with Crippen molar-refractivity contribution in [2.45, 2.75) is 13.0 Å². The average molecular weight is 304 g/mol. The van der Waals surface area contributed by atoms with Gasteiger partial charge in [0, 0.05) is 17.1 Å². The number of ketones is 1. The molecule has 2 heterocycles. The molecule has 5 heteroatoms. The van der Waals surface area contributed by atoms with E-state index in [1.54, 1.807) is 0 Å². The molecule has 1 aliphatic heterocycles.